The summed E-state index contributed by atoms with van der Waals surface area (Å²) in [6.45, 7) is 4.54. The minimum Gasteiger partial charge on any atom is -0.0979 e. The molecule has 2 aromatic rings. The molecule has 0 heterocycles. The zero-order valence-corrected chi connectivity index (χ0v) is 21.0. The van der Waals surface area contributed by atoms with Gasteiger partial charge in [0.05, 0.1) is 0 Å². The summed E-state index contributed by atoms with van der Waals surface area (Å²) in [7, 11) is 0. The molecule has 0 bridgehead atoms. The third-order valence-corrected chi connectivity index (χ3v) is 7.10. The Balaban J connectivity index is 1.42. The molecule has 0 radical (unpaired) electrons. The fraction of sp³-hybridized carbons (Fsp3) is 0.515. The molecule has 0 aromatic heterocycles. The Labute approximate surface area is 203 Å². The van der Waals surface area contributed by atoms with Crippen LogP contribution in [0.2, 0.25) is 0 Å². The van der Waals surface area contributed by atoms with Crippen LogP contribution >= 0.6 is 0 Å². The predicted octanol–water partition coefficient (Wildman–Crippen LogP) is 8.95. The molecule has 174 valence electrons. The Morgan fingerprint density at radius 1 is 0.606 bits per heavy atom. The molecule has 0 spiro atoms. The molecule has 3 rings (SSSR count). The first-order valence-corrected chi connectivity index (χ1v) is 13.5. The molecule has 33 heavy (non-hydrogen) atoms. The minimum atomic E-state index is 0.936. The Morgan fingerprint density at radius 3 is 1.70 bits per heavy atom. The molecule has 1 fully saturated rings. The maximum Gasteiger partial charge on any atom is 0.0249 e. The first-order chi connectivity index (χ1) is 16.3. The van der Waals surface area contributed by atoms with E-state index >= 15 is 0 Å². The highest BCUT2D eigenvalue weighted by molar-refractivity contribution is 5.46. The fourth-order valence-corrected chi connectivity index (χ4v) is 4.84. The van der Waals surface area contributed by atoms with E-state index in [1.807, 2.05) is 0 Å². The summed E-state index contributed by atoms with van der Waals surface area (Å²) in [4.78, 5) is 0. The lowest BCUT2D eigenvalue weighted by molar-refractivity contribution is 0.250. The number of hydrogen-bond donors (Lipinski definition) is 0. The molecule has 0 atom stereocenters. The predicted molar refractivity (Wildman–Crippen MR) is 143 cm³/mol. The average Bonchev–Trinajstić information content (AvgIpc) is 2.87. The van der Waals surface area contributed by atoms with Crippen LogP contribution in [0.25, 0.3) is 0 Å². The topological polar surface area (TPSA) is 0 Å². The van der Waals surface area contributed by atoms with Crippen LogP contribution in [0.1, 0.15) is 113 Å². The lowest BCUT2D eigenvalue weighted by Crippen LogP contribution is -2.15. The maximum absolute atomic E-state index is 3.31. The highest BCUT2D eigenvalue weighted by Crippen LogP contribution is 2.34. The van der Waals surface area contributed by atoms with E-state index < -0.39 is 0 Å². The Kier molecular flexibility index (Phi) is 11.2. The van der Waals surface area contributed by atoms with Gasteiger partial charge in [-0.2, -0.15) is 0 Å². The van der Waals surface area contributed by atoms with Gasteiger partial charge in [0.15, 0.2) is 0 Å². The van der Waals surface area contributed by atoms with Gasteiger partial charge in [0.1, 0.15) is 0 Å². The zero-order chi connectivity index (χ0) is 23.1. The molecule has 1 aliphatic rings. The van der Waals surface area contributed by atoms with Crippen molar-refractivity contribution in [3.05, 3.63) is 70.8 Å². The molecule has 0 nitrogen and oxygen atoms in total. The van der Waals surface area contributed by atoms with Crippen molar-refractivity contribution >= 4 is 0 Å². The van der Waals surface area contributed by atoms with E-state index in [4.69, 9.17) is 0 Å². The van der Waals surface area contributed by atoms with Gasteiger partial charge in [0, 0.05) is 23.1 Å². The van der Waals surface area contributed by atoms with Crippen molar-refractivity contribution < 1.29 is 0 Å². The van der Waals surface area contributed by atoms with Crippen LogP contribution in [0.5, 0.6) is 0 Å². The van der Waals surface area contributed by atoms with Gasteiger partial charge in [0.25, 0.3) is 0 Å². The van der Waals surface area contributed by atoms with E-state index in [0.29, 0.717) is 0 Å². The van der Waals surface area contributed by atoms with E-state index in [9.17, 15) is 0 Å². The Bertz CT molecular complexity index is 916. The molecule has 2 aromatic carbocycles. The number of rotatable bonds is 9. The summed E-state index contributed by atoms with van der Waals surface area (Å²) in [6.07, 6.45) is 17.3. The lowest BCUT2D eigenvalue weighted by atomic mass is 9.78. The van der Waals surface area contributed by atoms with Crippen LogP contribution < -0.4 is 0 Å². The molecule has 0 N–H and O–H groups in total. The van der Waals surface area contributed by atoms with Gasteiger partial charge < -0.3 is 0 Å². The van der Waals surface area contributed by atoms with Crippen molar-refractivity contribution in [1.29, 1.82) is 0 Å². The molecule has 0 saturated heterocycles. The van der Waals surface area contributed by atoms with Crippen LogP contribution in [-0.2, 0) is 6.42 Å². The normalized spacial score (nSPS) is 17.5. The number of benzene rings is 2. The summed E-state index contributed by atoms with van der Waals surface area (Å²) in [5.74, 6) is 15.1. The Hall–Kier alpha value is -2.44. The minimum absolute atomic E-state index is 0.936. The van der Waals surface area contributed by atoms with Gasteiger partial charge in [0.2, 0.25) is 0 Å². The smallest absolute Gasteiger partial charge is 0.0249 e. The standard InChI is InChI=1S/C33H42/c1-3-5-7-8-9-11-29-14-18-31(19-15-29)21-23-33-26-24-32(25-27-33)22-20-30-16-12-28(13-17-30)10-6-4-2/h14-15,18-19,24-28,30H,3-8,10,12-13,16-17,20,22H2,1-2H3/t28-,30-. The number of unbranched alkanes of at least 4 members (excludes halogenated alkanes) is 4. The van der Waals surface area contributed by atoms with Crippen LogP contribution in [0.15, 0.2) is 48.5 Å². The maximum atomic E-state index is 3.31. The molecule has 0 heteroatoms. The van der Waals surface area contributed by atoms with E-state index in [1.54, 1.807) is 0 Å². The third-order valence-electron chi connectivity index (χ3n) is 7.10. The summed E-state index contributed by atoms with van der Waals surface area (Å²) >= 11 is 0. The van der Waals surface area contributed by atoms with E-state index in [1.165, 1.54) is 82.6 Å². The van der Waals surface area contributed by atoms with Gasteiger partial charge in [-0.3, -0.25) is 0 Å². The second-order valence-electron chi connectivity index (χ2n) is 9.85. The molecule has 1 aliphatic carbocycles. The molecular weight excluding hydrogens is 396 g/mol. The van der Waals surface area contributed by atoms with Crippen molar-refractivity contribution in [2.75, 3.05) is 0 Å². The van der Waals surface area contributed by atoms with Crippen LogP contribution in [0, 0.1) is 35.5 Å². The molecule has 0 aliphatic heterocycles. The largest absolute Gasteiger partial charge is 0.0979 e. The summed E-state index contributed by atoms with van der Waals surface area (Å²) in [5, 5.41) is 0. The van der Waals surface area contributed by atoms with Crippen molar-refractivity contribution in [1.82, 2.24) is 0 Å². The van der Waals surface area contributed by atoms with Crippen LogP contribution in [-0.4, -0.2) is 0 Å². The van der Waals surface area contributed by atoms with Gasteiger partial charge >= 0.3 is 0 Å². The van der Waals surface area contributed by atoms with Crippen molar-refractivity contribution in [2.24, 2.45) is 11.8 Å². The third kappa shape index (κ3) is 9.52. The second-order valence-corrected chi connectivity index (χ2v) is 9.85. The Morgan fingerprint density at radius 2 is 1.12 bits per heavy atom. The van der Waals surface area contributed by atoms with E-state index in [0.717, 1.165) is 34.9 Å². The molecular formula is C33H42. The fourth-order valence-electron chi connectivity index (χ4n) is 4.84. The van der Waals surface area contributed by atoms with Crippen molar-refractivity contribution in [2.45, 2.75) is 97.3 Å². The quantitative estimate of drug-likeness (QED) is 0.271. The molecule has 0 unspecified atom stereocenters. The van der Waals surface area contributed by atoms with Crippen LogP contribution in [0.3, 0.4) is 0 Å². The van der Waals surface area contributed by atoms with Crippen molar-refractivity contribution in [3.63, 3.8) is 0 Å². The van der Waals surface area contributed by atoms with E-state index in [-0.39, 0.29) is 0 Å². The first-order valence-electron chi connectivity index (χ1n) is 13.5. The zero-order valence-electron chi connectivity index (χ0n) is 21.0. The summed E-state index contributed by atoms with van der Waals surface area (Å²) in [6, 6.07) is 17.2. The monoisotopic (exact) mass is 438 g/mol. The van der Waals surface area contributed by atoms with Gasteiger partial charge in [-0.1, -0.05) is 107 Å². The number of aryl methyl sites for hydroxylation is 1. The lowest BCUT2D eigenvalue weighted by Gasteiger charge is -2.28. The first kappa shape index (κ1) is 25.2. The number of hydrogen-bond acceptors (Lipinski definition) is 0. The highest BCUT2D eigenvalue weighted by atomic mass is 14.3. The summed E-state index contributed by atoms with van der Waals surface area (Å²) in [5.41, 5.74) is 4.67. The summed E-state index contributed by atoms with van der Waals surface area (Å²) < 4.78 is 0. The highest BCUT2D eigenvalue weighted by Gasteiger charge is 2.20. The molecule has 0 amide bonds. The average molecular weight is 439 g/mol. The second kappa shape index (κ2) is 14.7. The van der Waals surface area contributed by atoms with Gasteiger partial charge in [-0.25, -0.2) is 0 Å². The van der Waals surface area contributed by atoms with E-state index in [2.05, 4.69) is 86.1 Å². The van der Waals surface area contributed by atoms with Crippen LogP contribution in [0.4, 0.5) is 0 Å². The van der Waals surface area contributed by atoms with Gasteiger partial charge in [-0.15, -0.1) is 0 Å². The SMILES string of the molecule is CCCCCC#Cc1ccc(C#Cc2ccc(CC[C@H]3CC[C@H](CCCC)CC3)cc2)cc1. The van der Waals surface area contributed by atoms with Crippen molar-refractivity contribution in [3.8, 4) is 23.7 Å². The van der Waals surface area contributed by atoms with Gasteiger partial charge in [-0.05, 0) is 73.1 Å². The molecule has 1 saturated carbocycles.